The van der Waals surface area contributed by atoms with Crippen molar-refractivity contribution in [2.45, 2.75) is 26.3 Å². The summed E-state index contributed by atoms with van der Waals surface area (Å²) in [6, 6.07) is 4.58. The Labute approximate surface area is 78.8 Å². The molecule has 1 aromatic heterocycles. The number of rotatable bonds is 1. The molecule has 1 aromatic rings. The number of nitrogens with zero attached hydrogens (tertiary/aromatic N) is 3. The predicted octanol–water partition coefficient (Wildman–Crippen LogP) is 1.71. The predicted molar refractivity (Wildman–Crippen MR) is 52.6 cm³/mol. The van der Waals surface area contributed by atoms with Crippen molar-refractivity contribution in [3.8, 4) is 0 Å². The fraction of sp³-hybridized carbons (Fsp3) is 0.600. The van der Waals surface area contributed by atoms with Gasteiger partial charge in [-0.3, -0.25) is 0 Å². The van der Waals surface area contributed by atoms with E-state index in [0.717, 1.165) is 18.3 Å². The van der Waals surface area contributed by atoms with E-state index >= 15 is 0 Å². The van der Waals surface area contributed by atoms with Gasteiger partial charge in [-0.1, -0.05) is 6.92 Å². The maximum absolute atomic E-state index is 4.12. The number of anilines is 1. The van der Waals surface area contributed by atoms with E-state index in [1.807, 2.05) is 12.1 Å². The van der Waals surface area contributed by atoms with Crippen molar-refractivity contribution in [3.63, 3.8) is 0 Å². The molecule has 0 N–H and O–H groups in total. The summed E-state index contributed by atoms with van der Waals surface area (Å²) in [5, 5.41) is 8.02. The molecule has 1 aliphatic rings. The smallest absolute Gasteiger partial charge is 0.151 e. The van der Waals surface area contributed by atoms with Gasteiger partial charge < -0.3 is 4.90 Å². The van der Waals surface area contributed by atoms with Gasteiger partial charge in [0.15, 0.2) is 5.82 Å². The Morgan fingerprint density at radius 2 is 2.31 bits per heavy atom. The quantitative estimate of drug-likeness (QED) is 0.654. The van der Waals surface area contributed by atoms with E-state index < -0.39 is 0 Å². The first-order valence-electron chi connectivity index (χ1n) is 4.81. The second-order valence-corrected chi connectivity index (χ2v) is 3.92. The molecule has 0 spiro atoms. The highest BCUT2D eigenvalue weighted by molar-refractivity contribution is 5.39. The third kappa shape index (κ3) is 1.64. The molecule has 0 amide bonds. The zero-order chi connectivity index (χ0) is 9.26. The normalized spacial score (nSPS) is 28.0. The minimum Gasteiger partial charge on any atom is -0.352 e. The van der Waals surface area contributed by atoms with Crippen molar-refractivity contribution in [2.75, 3.05) is 11.4 Å². The van der Waals surface area contributed by atoms with Gasteiger partial charge in [-0.15, -0.1) is 5.10 Å². The van der Waals surface area contributed by atoms with Crippen LogP contribution >= 0.6 is 0 Å². The Hall–Kier alpha value is -1.12. The van der Waals surface area contributed by atoms with E-state index in [-0.39, 0.29) is 0 Å². The van der Waals surface area contributed by atoms with Crippen LogP contribution in [0.4, 0.5) is 5.82 Å². The summed E-state index contributed by atoms with van der Waals surface area (Å²) in [4.78, 5) is 2.33. The number of hydrogen-bond donors (Lipinski definition) is 0. The average molecular weight is 177 g/mol. The van der Waals surface area contributed by atoms with Gasteiger partial charge in [0.2, 0.25) is 0 Å². The standard InChI is InChI=1S/C10H15N3/c1-8-6-9(2)13(7-8)10-4-3-5-11-12-10/h3-5,8-9H,6-7H2,1-2H3. The van der Waals surface area contributed by atoms with Gasteiger partial charge in [-0.2, -0.15) is 5.10 Å². The van der Waals surface area contributed by atoms with Crippen molar-refractivity contribution in [1.82, 2.24) is 10.2 Å². The summed E-state index contributed by atoms with van der Waals surface area (Å²) in [6.45, 7) is 5.64. The van der Waals surface area contributed by atoms with E-state index in [1.165, 1.54) is 6.42 Å². The Kier molecular flexibility index (Phi) is 2.17. The Morgan fingerprint density at radius 1 is 1.46 bits per heavy atom. The second-order valence-electron chi connectivity index (χ2n) is 3.92. The maximum Gasteiger partial charge on any atom is 0.151 e. The SMILES string of the molecule is CC1CC(C)N(c2cccnn2)C1. The van der Waals surface area contributed by atoms with Crippen LogP contribution < -0.4 is 4.90 Å². The molecule has 0 aliphatic carbocycles. The molecule has 3 nitrogen and oxygen atoms in total. The van der Waals surface area contributed by atoms with Gasteiger partial charge in [0.1, 0.15) is 0 Å². The first kappa shape index (κ1) is 8.48. The van der Waals surface area contributed by atoms with Crippen molar-refractivity contribution >= 4 is 5.82 Å². The van der Waals surface area contributed by atoms with Crippen LogP contribution in [0.25, 0.3) is 0 Å². The summed E-state index contributed by atoms with van der Waals surface area (Å²) in [5.74, 6) is 1.79. The molecular formula is C10H15N3. The average Bonchev–Trinajstić information content (AvgIpc) is 2.47. The monoisotopic (exact) mass is 177 g/mol. The highest BCUT2D eigenvalue weighted by Crippen LogP contribution is 2.26. The maximum atomic E-state index is 4.12. The van der Waals surface area contributed by atoms with E-state index in [9.17, 15) is 0 Å². The van der Waals surface area contributed by atoms with Gasteiger partial charge >= 0.3 is 0 Å². The summed E-state index contributed by atoms with van der Waals surface area (Å²) >= 11 is 0. The highest BCUT2D eigenvalue weighted by atomic mass is 15.3. The second kappa shape index (κ2) is 3.32. The Bertz CT molecular complexity index is 273. The molecule has 3 heteroatoms. The van der Waals surface area contributed by atoms with E-state index in [2.05, 4.69) is 28.9 Å². The molecule has 1 saturated heterocycles. The van der Waals surface area contributed by atoms with E-state index in [0.29, 0.717) is 6.04 Å². The lowest BCUT2D eigenvalue weighted by Gasteiger charge is -2.21. The first-order chi connectivity index (χ1) is 6.27. The molecule has 2 heterocycles. The molecule has 0 aromatic carbocycles. The third-order valence-electron chi connectivity index (χ3n) is 2.64. The molecule has 70 valence electrons. The van der Waals surface area contributed by atoms with Crippen LogP contribution in [0, 0.1) is 5.92 Å². The van der Waals surface area contributed by atoms with Crippen LogP contribution in [-0.2, 0) is 0 Å². The number of hydrogen-bond acceptors (Lipinski definition) is 3. The minimum absolute atomic E-state index is 0.603. The van der Waals surface area contributed by atoms with E-state index in [4.69, 9.17) is 0 Å². The molecule has 2 atom stereocenters. The summed E-state index contributed by atoms with van der Waals surface area (Å²) in [7, 11) is 0. The molecule has 2 rings (SSSR count). The third-order valence-corrected chi connectivity index (χ3v) is 2.64. The lowest BCUT2D eigenvalue weighted by Crippen LogP contribution is -2.27. The summed E-state index contributed by atoms with van der Waals surface area (Å²) < 4.78 is 0. The molecule has 0 bridgehead atoms. The number of aromatic nitrogens is 2. The van der Waals surface area contributed by atoms with Crippen LogP contribution in [0.1, 0.15) is 20.3 Å². The molecule has 1 aliphatic heterocycles. The van der Waals surface area contributed by atoms with Crippen LogP contribution in [0.3, 0.4) is 0 Å². The van der Waals surface area contributed by atoms with Crippen LogP contribution in [0.5, 0.6) is 0 Å². The topological polar surface area (TPSA) is 29.0 Å². The Balaban J connectivity index is 2.18. The lowest BCUT2D eigenvalue weighted by molar-refractivity contribution is 0.625. The molecule has 2 unspecified atom stereocenters. The summed E-state index contributed by atoms with van der Waals surface area (Å²) in [6.07, 6.45) is 2.98. The lowest BCUT2D eigenvalue weighted by atomic mass is 10.1. The van der Waals surface area contributed by atoms with Gasteiger partial charge in [0.25, 0.3) is 0 Å². The highest BCUT2D eigenvalue weighted by Gasteiger charge is 2.26. The minimum atomic E-state index is 0.603. The Morgan fingerprint density at radius 3 is 2.85 bits per heavy atom. The van der Waals surface area contributed by atoms with Crippen molar-refractivity contribution in [1.29, 1.82) is 0 Å². The zero-order valence-corrected chi connectivity index (χ0v) is 8.14. The van der Waals surface area contributed by atoms with E-state index in [1.54, 1.807) is 6.20 Å². The molecular weight excluding hydrogens is 162 g/mol. The summed E-state index contributed by atoms with van der Waals surface area (Å²) in [5.41, 5.74) is 0. The zero-order valence-electron chi connectivity index (χ0n) is 8.14. The van der Waals surface area contributed by atoms with Crippen LogP contribution in [0.2, 0.25) is 0 Å². The van der Waals surface area contributed by atoms with Gasteiger partial charge in [0.05, 0.1) is 0 Å². The molecule has 0 radical (unpaired) electrons. The van der Waals surface area contributed by atoms with Crippen LogP contribution in [-0.4, -0.2) is 22.8 Å². The van der Waals surface area contributed by atoms with Gasteiger partial charge in [0, 0.05) is 18.8 Å². The van der Waals surface area contributed by atoms with Gasteiger partial charge in [-0.05, 0) is 31.4 Å². The van der Waals surface area contributed by atoms with Crippen molar-refractivity contribution in [3.05, 3.63) is 18.3 Å². The molecule has 13 heavy (non-hydrogen) atoms. The molecule has 0 saturated carbocycles. The van der Waals surface area contributed by atoms with Gasteiger partial charge in [-0.25, -0.2) is 0 Å². The molecule has 1 fully saturated rings. The largest absolute Gasteiger partial charge is 0.352 e. The van der Waals surface area contributed by atoms with Crippen LogP contribution in [0.15, 0.2) is 18.3 Å². The van der Waals surface area contributed by atoms with Crippen molar-refractivity contribution < 1.29 is 0 Å². The fourth-order valence-electron chi connectivity index (χ4n) is 2.07. The van der Waals surface area contributed by atoms with Crippen molar-refractivity contribution in [2.24, 2.45) is 5.92 Å². The first-order valence-corrected chi connectivity index (χ1v) is 4.81. The fourth-order valence-corrected chi connectivity index (χ4v) is 2.07.